The Labute approximate surface area is 126 Å². The Morgan fingerprint density at radius 1 is 1.15 bits per heavy atom. The summed E-state index contributed by atoms with van der Waals surface area (Å²) in [6.07, 6.45) is -0.0606. The molecule has 0 unspecified atom stereocenters. The van der Waals surface area contributed by atoms with Gasteiger partial charge < -0.3 is 5.32 Å². The molecule has 0 radical (unpaired) electrons. The van der Waals surface area contributed by atoms with Crippen LogP contribution in [0.25, 0.3) is 0 Å². The second-order valence-electron chi connectivity index (χ2n) is 4.42. The van der Waals surface area contributed by atoms with Crippen LogP contribution in [0, 0.1) is 12.7 Å². The summed E-state index contributed by atoms with van der Waals surface area (Å²) in [7, 11) is 0. The average molecular weight is 312 g/mol. The predicted molar refractivity (Wildman–Crippen MR) is 79.9 cm³/mol. The molecule has 2 aromatic rings. The number of hydrogen-bond acceptors (Lipinski definition) is 1. The Morgan fingerprint density at radius 2 is 1.80 bits per heavy atom. The number of halogens is 3. The quantitative estimate of drug-likeness (QED) is 0.880. The van der Waals surface area contributed by atoms with Crippen LogP contribution in [0.15, 0.2) is 36.4 Å². The van der Waals surface area contributed by atoms with Crippen molar-refractivity contribution in [2.24, 2.45) is 0 Å². The van der Waals surface area contributed by atoms with Gasteiger partial charge in [0.1, 0.15) is 5.82 Å². The molecule has 0 aliphatic carbocycles. The Kier molecular flexibility index (Phi) is 4.63. The Bertz CT molecular complexity index is 658. The van der Waals surface area contributed by atoms with Gasteiger partial charge in [-0.05, 0) is 42.3 Å². The first-order valence-electron chi connectivity index (χ1n) is 5.95. The topological polar surface area (TPSA) is 29.1 Å². The largest absolute Gasteiger partial charge is 0.326 e. The minimum Gasteiger partial charge on any atom is -0.326 e. The molecule has 0 aliphatic heterocycles. The van der Waals surface area contributed by atoms with Crippen LogP contribution in [-0.2, 0) is 11.2 Å². The van der Waals surface area contributed by atoms with Gasteiger partial charge in [0.25, 0.3) is 0 Å². The maximum atomic E-state index is 13.6. The van der Waals surface area contributed by atoms with Crippen molar-refractivity contribution < 1.29 is 9.18 Å². The molecular weight excluding hydrogens is 300 g/mol. The lowest BCUT2D eigenvalue weighted by atomic mass is 10.1. The van der Waals surface area contributed by atoms with Crippen LogP contribution in [0.1, 0.15) is 11.1 Å². The van der Waals surface area contributed by atoms with E-state index in [9.17, 15) is 9.18 Å². The third-order valence-corrected chi connectivity index (χ3v) is 3.31. The van der Waals surface area contributed by atoms with Crippen LogP contribution >= 0.6 is 23.2 Å². The standard InChI is InChI=1S/C15H12Cl2FNO/c1-9-2-4-12(17)8-14(9)19-15(20)6-10-3-5-11(16)7-13(10)18/h2-5,7-8H,6H2,1H3,(H,19,20). The molecule has 0 spiro atoms. The monoisotopic (exact) mass is 311 g/mol. The first-order valence-corrected chi connectivity index (χ1v) is 6.71. The van der Waals surface area contributed by atoms with Crippen LogP contribution in [0.4, 0.5) is 10.1 Å². The first kappa shape index (κ1) is 14.8. The summed E-state index contributed by atoms with van der Waals surface area (Å²) in [5, 5.41) is 3.55. The van der Waals surface area contributed by atoms with Gasteiger partial charge in [0.05, 0.1) is 6.42 Å². The molecule has 5 heteroatoms. The van der Waals surface area contributed by atoms with Crippen molar-refractivity contribution in [3.63, 3.8) is 0 Å². The molecular formula is C15H12Cl2FNO. The molecule has 0 atom stereocenters. The Hall–Kier alpha value is -1.58. The van der Waals surface area contributed by atoms with Gasteiger partial charge >= 0.3 is 0 Å². The van der Waals surface area contributed by atoms with Crippen molar-refractivity contribution in [3.05, 3.63) is 63.4 Å². The molecule has 0 aliphatic rings. The summed E-state index contributed by atoms with van der Waals surface area (Å²) in [6, 6.07) is 9.45. The fourth-order valence-corrected chi connectivity index (χ4v) is 2.09. The molecule has 0 heterocycles. The van der Waals surface area contributed by atoms with Crippen LogP contribution in [0.3, 0.4) is 0 Å². The highest BCUT2D eigenvalue weighted by atomic mass is 35.5. The smallest absolute Gasteiger partial charge is 0.228 e. The minimum absolute atomic E-state index is 0.0606. The number of anilines is 1. The lowest BCUT2D eigenvalue weighted by Gasteiger charge is -2.09. The fourth-order valence-electron chi connectivity index (χ4n) is 1.76. The molecule has 104 valence electrons. The molecule has 2 nitrogen and oxygen atoms in total. The van der Waals surface area contributed by atoms with Gasteiger partial charge in [-0.3, -0.25) is 4.79 Å². The van der Waals surface area contributed by atoms with Gasteiger partial charge in [-0.1, -0.05) is 35.3 Å². The van der Waals surface area contributed by atoms with Gasteiger partial charge in [-0.2, -0.15) is 0 Å². The normalized spacial score (nSPS) is 10.4. The summed E-state index contributed by atoms with van der Waals surface area (Å²) in [5.41, 5.74) is 1.81. The van der Waals surface area contributed by atoms with Crippen LogP contribution in [0.2, 0.25) is 10.0 Å². The van der Waals surface area contributed by atoms with E-state index in [0.717, 1.165) is 5.56 Å². The summed E-state index contributed by atoms with van der Waals surface area (Å²) in [5.74, 6) is -0.799. The van der Waals surface area contributed by atoms with E-state index in [1.807, 2.05) is 6.92 Å². The number of carbonyl (C=O) groups excluding carboxylic acids is 1. The third-order valence-electron chi connectivity index (χ3n) is 2.84. The maximum Gasteiger partial charge on any atom is 0.228 e. The number of rotatable bonds is 3. The van der Waals surface area contributed by atoms with Gasteiger partial charge in [0.2, 0.25) is 5.91 Å². The zero-order chi connectivity index (χ0) is 14.7. The summed E-state index contributed by atoms with van der Waals surface area (Å²) >= 11 is 11.5. The van der Waals surface area contributed by atoms with Gasteiger partial charge in [-0.25, -0.2) is 4.39 Å². The number of benzene rings is 2. The summed E-state index contributed by atoms with van der Waals surface area (Å²) < 4.78 is 13.6. The van der Waals surface area contributed by atoms with Crippen molar-refractivity contribution in [1.82, 2.24) is 0 Å². The van der Waals surface area contributed by atoms with E-state index < -0.39 is 5.82 Å². The summed E-state index contributed by atoms with van der Waals surface area (Å²) in [4.78, 5) is 11.9. The van der Waals surface area contributed by atoms with Crippen molar-refractivity contribution in [2.45, 2.75) is 13.3 Å². The van der Waals surface area contributed by atoms with E-state index in [1.54, 1.807) is 24.3 Å². The predicted octanol–water partition coefficient (Wildman–Crippen LogP) is 4.62. The van der Waals surface area contributed by atoms with E-state index in [4.69, 9.17) is 23.2 Å². The Morgan fingerprint density at radius 3 is 2.50 bits per heavy atom. The molecule has 0 saturated heterocycles. The second kappa shape index (κ2) is 6.25. The highest BCUT2D eigenvalue weighted by Crippen LogP contribution is 2.21. The van der Waals surface area contributed by atoms with Crippen LogP contribution < -0.4 is 5.32 Å². The van der Waals surface area contributed by atoms with Gasteiger partial charge in [0.15, 0.2) is 0 Å². The molecule has 0 fully saturated rings. The lowest BCUT2D eigenvalue weighted by molar-refractivity contribution is -0.115. The molecule has 1 amide bonds. The molecule has 20 heavy (non-hydrogen) atoms. The van der Waals surface area contributed by atoms with Crippen molar-refractivity contribution >= 4 is 34.8 Å². The highest BCUT2D eigenvalue weighted by Gasteiger charge is 2.10. The van der Waals surface area contributed by atoms with Gasteiger partial charge in [-0.15, -0.1) is 0 Å². The third kappa shape index (κ3) is 3.71. The van der Waals surface area contributed by atoms with Crippen LogP contribution in [0.5, 0.6) is 0 Å². The van der Waals surface area contributed by atoms with E-state index >= 15 is 0 Å². The molecule has 1 N–H and O–H groups in total. The van der Waals surface area contributed by atoms with Crippen molar-refractivity contribution in [1.29, 1.82) is 0 Å². The molecule has 2 rings (SSSR count). The van der Waals surface area contributed by atoms with E-state index in [2.05, 4.69) is 5.32 Å². The average Bonchev–Trinajstić information content (AvgIpc) is 2.37. The minimum atomic E-state index is -0.490. The van der Waals surface area contributed by atoms with E-state index in [-0.39, 0.29) is 12.3 Å². The zero-order valence-electron chi connectivity index (χ0n) is 10.7. The SMILES string of the molecule is Cc1ccc(Cl)cc1NC(=O)Cc1ccc(Cl)cc1F. The van der Waals surface area contributed by atoms with Crippen molar-refractivity contribution in [2.75, 3.05) is 5.32 Å². The molecule has 0 saturated carbocycles. The number of amides is 1. The first-order chi connectivity index (χ1) is 9.45. The maximum absolute atomic E-state index is 13.6. The van der Waals surface area contributed by atoms with E-state index in [1.165, 1.54) is 12.1 Å². The number of carbonyl (C=O) groups is 1. The second-order valence-corrected chi connectivity index (χ2v) is 5.29. The molecule has 0 bridgehead atoms. The van der Waals surface area contributed by atoms with Crippen molar-refractivity contribution in [3.8, 4) is 0 Å². The lowest BCUT2D eigenvalue weighted by Crippen LogP contribution is -2.15. The molecule has 2 aromatic carbocycles. The number of hydrogen-bond donors (Lipinski definition) is 1. The molecule has 0 aromatic heterocycles. The zero-order valence-corrected chi connectivity index (χ0v) is 12.2. The summed E-state index contributed by atoms with van der Waals surface area (Å²) in [6.45, 7) is 1.86. The number of aryl methyl sites for hydroxylation is 1. The fraction of sp³-hybridized carbons (Fsp3) is 0.133. The number of nitrogens with one attached hydrogen (secondary N) is 1. The van der Waals surface area contributed by atoms with E-state index in [0.29, 0.717) is 21.3 Å². The van der Waals surface area contributed by atoms with Crippen LogP contribution in [-0.4, -0.2) is 5.91 Å². The highest BCUT2D eigenvalue weighted by molar-refractivity contribution is 6.31. The van der Waals surface area contributed by atoms with Gasteiger partial charge in [0, 0.05) is 15.7 Å². The Balaban J connectivity index is 2.11.